The molecule has 140 valence electrons. The minimum Gasteiger partial charge on any atom is -0.381 e. The van der Waals surface area contributed by atoms with Crippen LogP contribution in [-0.4, -0.2) is 33.8 Å². The van der Waals surface area contributed by atoms with Crippen LogP contribution in [-0.2, 0) is 23.0 Å². The Hall–Kier alpha value is -2.53. The Bertz CT molecular complexity index is 955. The Labute approximate surface area is 159 Å². The number of rotatable bonds is 5. The number of aromatic nitrogens is 3. The first-order valence-corrected chi connectivity index (χ1v) is 9.55. The highest BCUT2D eigenvalue weighted by atomic mass is 16.5. The second kappa shape index (κ2) is 7.61. The van der Waals surface area contributed by atoms with Crippen molar-refractivity contribution in [1.82, 2.24) is 14.8 Å². The first-order valence-electron chi connectivity index (χ1n) is 9.55. The number of nitrogens with zero attached hydrogens (tertiary/aromatic N) is 3. The van der Waals surface area contributed by atoms with Gasteiger partial charge in [-0.2, -0.15) is 5.10 Å². The third-order valence-corrected chi connectivity index (χ3v) is 5.63. The van der Waals surface area contributed by atoms with E-state index >= 15 is 0 Å². The van der Waals surface area contributed by atoms with Crippen molar-refractivity contribution in [2.75, 3.05) is 7.11 Å². The number of methoxy groups -OCH3 is 1. The van der Waals surface area contributed by atoms with Gasteiger partial charge >= 0.3 is 0 Å². The normalized spacial score (nSPS) is 20.1. The van der Waals surface area contributed by atoms with Gasteiger partial charge in [-0.3, -0.25) is 14.5 Å². The van der Waals surface area contributed by atoms with Crippen molar-refractivity contribution in [2.24, 2.45) is 13.0 Å². The van der Waals surface area contributed by atoms with Gasteiger partial charge in [0.1, 0.15) is 5.78 Å². The molecule has 0 amide bonds. The van der Waals surface area contributed by atoms with E-state index in [-0.39, 0.29) is 5.92 Å². The molecule has 1 aliphatic carbocycles. The van der Waals surface area contributed by atoms with Crippen LogP contribution in [0.5, 0.6) is 0 Å². The summed E-state index contributed by atoms with van der Waals surface area (Å²) in [7, 11) is 3.67. The van der Waals surface area contributed by atoms with Crippen molar-refractivity contribution in [3.05, 3.63) is 48.5 Å². The van der Waals surface area contributed by atoms with Crippen LogP contribution in [0.1, 0.15) is 31.4 Å². The lowest BCUT2D eigenvalue weighted by molar-refractivity contribution is -0.124. The Morgan fingerprint density at radius 3 is 2.63 bits per heavy atom. The minimum absolute atomic E-state index is 0.149. The summed E-state index contributed by atoms with van der Waals surface area (Å²) in [6.45, 7) is 0. The Morgan fingerprint density at radius 1 is 1.11 bits per heavy atom. The number of hydrogen-bond donors (Lipinski definition) is 0. The number of fused-ring (bicyclic) bond motifs is 1. The van der Waals surface area contributed by atoms with Crippen LogP contribution in [0.15, 0.2) is 42.9 Å². The Kier molecular flexibility index (Phi) is 5.03. The van der Waals surface area contributed by atoms with Crippen LogP contribution in [0.2, 0.25) is 0 Å². The second-order valence-corrected chi connectivity index (χ2v) is 7.49. The fourth-order valence-corrected chi connectivity index (χ4v) is 3.98. The summed E-state index contributed by atoms with van der Waals surface area (Å²) in [5.74, 6) is 0.454. The van der Waals surface area contributed by atoms with Crippen LogP contribution < -0.4 is 0 Å². The van der Waals surface area contributed by atoms with Crippen LogP contribution >= 0.6 is 0 Å². The number of ketones is 1. The van der Waals surface area contributed by atoms with Crippen molar-refractivity contribution >= 4 is 16.6 Å². The van der Waals surface area contributed by atoms with Gasteiger partial charge in [0.2, 0.25) is 0 Å². The van der Waals surface area contributed by atoms with E-state index < -0.39 is 0 Å². The molecule has 0 N–H and O–H groups in total. The average Bonchev–Trinajstić information content (AvgIpc) is 3.14. The molecule has 1 fully saturated rings. The number of benzene rings is 1. The molecular formula is C22H25N3O2. The molecule has 4 rings (SSSR count). The lowest BCUT2D eigenvalue weighted by Gasteiger charge is -2.26. The van der Waals surface area contributed by atoms with E-state index in [1.807, 2.05) is 31.7 Å². The molecule has 0 aliphatic heterocycles. The third kappa shape index (κ3) is 3.93. The molecule has 1 aliphatic rings. The lowest BCUT2D eigenvalue weighted by atomic mass is 9.83. The summed E-state index contributed by atoms with van der Waals surface area (Å²) in [5, 5.41) is 6.44. The molecule has 1 saturated carbocycles. The molecule has 5 heteroatoms. The number of ether oxygens (including phenoxy) is 1. The van der Waals surface area contributed by atoms with E-state index in [2.05, 4.69) is 28.3 Å². The quantitative estimate of drug-likeness (QED) is 0.689. The van der Waals surface area contributed by atoms with E-state index in [1.165, 1.54) is 0 Å². The number of carbonyl (C=O) groups is 1. The van der Waals surface area contributed by atoms with Gasteiger partial charge in [-0.15, -0.1) is 0 Å². The van der Waals surface area contributed by atoms with Gasteiger partial charge in [-0.25, -0.2) is 0 Å². The zero-order valence-electron chi connectivity index (χ0n) is 15.9. The van der Waals surface area contributed by atoms with Crippen LogP contribution in [0.4, 0.5) is 0 Å². The smallest absolute Gasteiger partial charge is 0.141 e. The summed E-state index contributed by atoms with van der Waals surface area (Å²) in [5.41, 5.74) is 3.06. The SMILES string of the molecule is COC1CCC(C(=O)Cc2cc3cc(-c4cnn(C)c4)ccc3cn2)CC1. The molecule has 0 unspecified atom stereocenters. The number of aryl methyl sites for hydroxylation is 1. The molecular weight excluding hydrogens is 338 g/mol. The molecule has 5 nitrogen and oxygen atoms in total. The molecule has 3 aromatic rings. The topological polar surface area (TPSA) is 57.0 Å². The maximum Gasteiger partial charge on any atom is 0.141 e. The summed E-state index contributed by atoms with van der Waals surface area (Å²) in [6, 6.07) is 8.35. The fraction of sp³-hybridized carbons (Fsp3) is 0.409. The average molecular weight is 363 g/mol. The molecule has 0 spiro atoms. The predicted octanol–water partition coefficient (Wildman–Crippen LogP) is 3.95. The summed E-state index contributed by atoms with van der Waals surface area (Å²) in [4.78, 5) is 17.2. The van der Waals surface area contributed by atoms with Gasteiger partial charge in [-0.05, 0) is 48.8 Å². The van der Waals surface area contributed by atoms with Gasteiger partial charge in [0.05, 0.1) is 12.3 Å². The standard InChI is InChI=1S/C22H25N3O2/c1-25-14-19(13-24-25)16-3-4-17-12-23-20(10-18(17)9-16)11-22(26)15-5-7-21(27-2)8-6-15/h3-4,9-10,12-15,21H,5-8,11H2,1-2H3. The van der Waals surface area contributed by atoms with Crippen LogP contribution in [0.3, 0.4) is 0 Å². The van der Waals surface area contributed by atoms with E-state index in [9.17, 15) is 4.79 Å². The first kappa shape index (κ1) is 17.9. The largest absolute Gasteiger partial charge is 0.381 e. The van der Waals surface area contributed by atoms with Gasteiger partial charge in [-0.1, -0.05) is 12.1 Å². The highest BCUT2D eigenvalue weighted by Crippen LogP contribution is 2.28. The Balaban J connectivity index is 1.51. The van der Waals surface area contributed by atoms with E-state index in [0.29, 0.717) is 18.3 Å². The molecule has 27 heavy (non-hydrogen) atoms. The van der Waals surface area contributed by atoms with Crippen molar-refractivity contribution in [1.29, 1.82) is 0 Å². The van der Waals surface area contributed by atoms with Crippen LogP contribution in [0, 0.1) is 5.92 Å². The zero-order valence-corrected chi connectivity index (χ0v) is 15.9. The van der Waals surface area contributed by atoms with Gasteiger partial charge < -0.3 is 4.74 Å². The maximum atomic E-state index is 12.7. The van der Waals surface area contributed by atoms with E-state index in [1.54, 1.807) is 11.8 Å². The molecule has 0 radical (unpaired) electrons. The van der Waals surface area contributed by atoms with Crippen molar-refractivity contribution < 1.29 is 9.53 Å². The first-order chi connectivity index (χ1) is 13.1. The maximum absolute atomic E-state index is 12.7. The second-order valence-electron chi connectivity index (χ2n) is 7.49. The molecule has 0 atom stereocenters. The highest BCUT2D eigenvalue weighted by Gasteiger charge is 2.26. The highest BCUT2D eigenvalue weighted by molar-refractivity contribution is 5.88. The zero-order chi connectivity index (χ0) is 18.8. The number of pyridine rings is 1. The molecule has 2 heterocycles. The summed E-state index contributed by atoms with van der Waals surface area (Å²) >= 11 is 0. The summed E-state index contributed by atoms with van der Waals surface area (Å²) in [6.07, 6.45) is 10.3. The molecule has 2 aromatic heterocycles. The third-order valence-electron chi connectivity index (χ3n) is 5.63. The minimum atomic E-state index is 0.149. The van der Waals surface area contributed by atoms with Crippen molar-refractivity contribution in [3.8, 4) is 11.1 Å². The number of hydrogen-bond acceptors (Lipinski definition) is 4. The number of carbonyl (C=O) groups excluding carboxylic acids is 1. The monoisotopic (exact) mass is 363 g/mol. The van der Waals surface area contributed by atoms with Crippen molar-refractivity contribution in [2.45, 2.75) is 38.2 Å². The fourth-order valence-electron chi connectivity index (χ4n) is 3.98. The molecule has 1 aromatic carbocycles. The lowest BCUT2D eigenvalue weighted by Crippen LogP contribution is -2.26. The van der Waals surface area contributed by atoms with E-state index in [4.69, 9.17) is 4.74 Å². The summed E-state index contributed by atoms with van der Waals surface area (Å²) < 4.78 is 7.21. The molecule has 0 saturated heterocycles. The van der Waals surface area contributed by atoms with Crippen molar-refractivity contribution in [3.63, 3.8) is 0 Å². The number of Topliss-reactive ketones (excluding diaryl/α,β-unsaturated/α-hetero) is 1. The Morgan fingerprint density at radius 2 is 1.93 bits per heavy atom. The van der Waals surface area contributed by atoms with Crippen LogP contribution in [0.25, 0.3) is 21.9 Å². The van der Waals surface area contributed by atoms with Gasteiger partial charge in [0.15, 0.2) is 0 Å². The van der Waals surface area contributed by atoms with Gasteiger partial charge in [0, 0.05) is 55.5 Å². The molecule has 0 bridgehead atoms. The predicted molar refractivity (Wildman–Crippen MR) is 105 cm³/mol. The van der Waals surface area contributed by atoms with Gasteiger partial charge in [0.25, 0.3) is 0 Å². The van der Waals surface area contributed by atoms with E-state index in [0.717, 1.165) is 53.3 Å².